The monoisotopic (exact) mass is 248 g/mol. The number of aliphatic hydroxyl groups excluding tert-OH is 1. The topological polar surface area (TPSA) is 46.5 Å². The van der Waals surface area contributed by atoms with Gasteiger partial charge in [-0.3, -0.25) is 4.79 Å². The highest BCUT2D eigenvalue weighted by Crippen LogP contribution is 2.40. The van der Waals surface area contributed by atoms with E-state index < -0.39 is 6.10 Å². The van der Waals surface area contributed by atoms with Gasteiger partial charge in [-0.1, -0.05) is 31.2 Å². The zero-order valence-electron chi connectivity index (χ0n) is 10.9. The van der Waals surface area contributed by atoms with E-state index in [1.165, 1.54) is 25.5 Å². The van der Waals surface area contributed by atoms with E-state index in [1.807, 2.05) is 12.1 Å². The summed E-state index contributed by atoms with van der Waals surface area (Å²) in [6.07, 6.45) is 2.35. The minimum absolute atomic E-state index is 0.274. The molecule has 2 rings (SSSR count). The van der Waals surface area contributed by atoms with Crippen LogP contribution >= 0.6 is 0 Å². The van der Waals surface area contributed by atoms with Crippen LogP contribution in [0, 0.1) is 5.92 Å². The Morgan fingerprint density at radius 2 is 2.00 bits per heavy atom. The summed E-state index contributed by atoms with van der Waals surface area (Å²) in [5.41, 5.74) is 2.22. The molecule has 3 heteroatoms. The molecule has 1 aromatic rings. The summed E-state index contributed by atoms with van der Waals surface area (Å²) in [5.74, 6) is 0.168. The number of ether oxygens (including phenoxy) is 1. The van der Waals surface area contributed by atoms with Crippen molar-refractivity contribution in [2.24, 2.45) is 5.92 Å². The number of hydrogen-bond donors (Lipinski definition) is 1. The summed E-state index contributed by atoms with van der Waals surface area (Å²) in [7, 11) is 1.37. The standard InChI is InChI=1S/C15H20O3/c1-10(15(17)18-2)9-14(16)13-7-5-12(6-8-13)11-3-4-11/h5-8,10-11,14,16H,3-4,9H2,1-2H3. The van der Waals surface area contributed by atoms with Crippen LogP contribution in [0.5, 0.6) is 0 Å². The van der Waals surface area contributed by atoms with Gasteiger partial charge in [0.1, 0.15) is 0 Å². The van der Waals surface area contributed by atoms with Crippen LogP contribution in [0.1, 0.15) is 49.3 Å². The van der Waals surface area contributed by atoms with Gasteiger partial charge in [-0.05, 0) is 36.3 Å². The molecule has 3 nitrogen and oxygen atoms in total. The van der Waals surface area contributed by atoms with E-state index >= 15 is 0 Å². The first-order valence-corrected chi connectivity index (χ1v) is 6.47. The molecule has 0 aromatic heterocycles. The number of benzene rings is 1. The smallest absolute Gasteiger partial charge is 0.308 e. The maximum Gasteiger partial charge on any atom is 0.308 e. The maximum absolute atomic E-state index is 11.3. The quantitative estimate of drug-likeness (QED) is 0.815. The van der Waals surface area contributed by atoms with Crippen LogP contribution in [0.3, 0.4) is 0 Å². The summed E-state index contributed by atoms with van der Waals surface area (Å²) in [4.78, 5) is 11.3. The van der Waals surface area contributed by atoms with Crippen LogP contribution < -0.4 is 0 Å². The molecule has 0 saturated heterocycles. The van der Waals surface area contributed by atoms with Crippen molar-refractivity contribution >= 4 is 5.97 Å². The Balaban J connectivity index is 1.95. The predicted octanol–water partition coefficient (Wildman–Crippen LogP) is 2.80. The first kappa shape index (κ1) is 13.1. The van der Waals surface area contributed by atoms with Crippen molar-refractivity contribution < 1.29 is 14.6 Å². The van der Waals surface area contributed by atoms with Crippen molar-refractivity contribution in [3.05, 3.63) is 35.4 Å². The predicted molar refractivity (Wildman–Crippen MR) is 69.2 cm³/mol. The third kappa shape index (κ3) is 3.10. The summed E-state index contributed by atoms with van der Waals surface area (Å²) < 4.78 is 4.66. The van der Waals surface area contributed by atoms with Gasteiger partial charge in [0.05, 0.1) is 19.1 Å². The second kappa shape index (κ2) is 5.53. The Kier molecular flexibility index (Phi) is 4.02. The van der Waals surface area contributed by atoms with Crippen molar-refractivity contribution in [2.75, 3.05) is 7.11 Å². The van der Waals surface area contributed by atoms with Crippen LogP contribution in [0.15, 0.2) is 24.3 Å². The van der Waals surface area contributed by atoms with Gasteiger partial charge in [0, 0.05) is 0 Å². The lowest BCUT2D eigenvalue weighted by molar-refractivity contribution is -0.145. The van der Waals surface area contributed by atoms with Crippen molar-refractivity contribution in [2.45, 2.75) is 38.2 Å². The van der Waals surface area contributed by atoms with Gasteiger partial charge < -0.3 is 9.84 Å². The Morgan fingerprint density at radius 3 is 2.50 bits per heavy atom. The number of aliphatic hydroxyl groups is 1. The van der Waals surface area contributed by atoms with Gasteiger partial charge in [-0.2, -0.15) is 0 Å². The molecule has 1 aliphatic carbocycles. The third-order valence-electron chi connectivity index (χ3n) is 3.55. The summed E-state index contributed by atoms with van der Waals surface area (Å²) in [6.45, 7) is 1.77. The maximum atomic E-state index is 11.3. The lowest BCUT2D eigenvalue weighted by Crippen LogP contribution is -2.16. The molecule has 18 heavy (non-hydrogen) atoms. The lowest BCUT2D eigenvalue weighted by atomic mass is 9.97. The van der Waals surface area contributed by atoms with Crippen molar-refractivity contribution in [3.8, 4) is 0 Å². The zero-order valence-corrected chi connectivity index (χ0v) is 10.9. The van der Waals surface area contributed by atoms with Crippen molar-refractivity contribution in [3.63, 3.8) is 0 Å². The molecule has 0 aliphatic heterocycles. The van der Waals surface area contributed by atoms with E-state index in [1.54, 1.807) is 6.92 Å². The second-order valence-electron chi connectivity index (χ2n) is 5.12. The molecule has 1 saturated carbocycles. The molecule has 0 spiro atoms. The molecule has 1 aromatic carbocycles. The molecule has 1 aliphatic rings. The molecule has 1 N–H and O–H groups in total. The summed E-state index contributed by atoms with van der Waals surface area (Å²) >= 11 is 0. The van der Waals surface area contributed by atoms with Gasteiger partial charge in [0.15, 0.2) is 0 Å². The summed E-state index contributed by atoms with van der Waals surface area (Å²) in [5, 5.41) is 10.1. The number of hydrogen-bond acceptors (Lipinski definition) is 3. The van der Waals surface area contributed by atoms with Crippen LogP contribution in [-0.4, -0.2) is 18.2 Å². The van der Waals surface area contributed by atoms with Crippen LogP contribution in [0.2, 0.25) is 0 Å². The Bertz CT molecular complexity index is 406. The van der Waals surface area contributed by atoms with E-state index in [-0.39, 0.29) is 11.9 Å². The fourth-order valence-electron chi connectivity index (χ4n) is 2.18. The average Bonchev–Trinajstić information content (AvgIpc) is 3.22. The van der Waals surface area contributed by atoms with Crippen molar-refractivity contribution in [1.82, 2.24) is 0 Å². The highest BCUT2D eigenvalue weighted by Gasteiger charge is 2.24. The fraction of sp³-hybridized carbons (Fsp3) is 0.533. The molecule has 0 radical (unpaired) electrons. The number of esters is 1. The van der Waals surface area contributed by atoms with Crippen LogP contribution in [-0.2, 0) is 9.53 Å². The molecule has 2 unspecified atom stereocenters. The minimum atomic E-state index is -0.604. The molecule has 0 bridgehead atoms. The SMILES string of the molecule is COC(=O)C(C)CC(O)c1ccc(C2CC2)cc1. The average molecular weight is 248 g/mol. The largest absolute Gasteiger partial charge is 0.469 e. The van der Waals surface area contributed by atoms with E-state index in [0.29, 0.717) is 6.42 Å². The van der Waals surface area contributed by atoms with Crippen LogP contribution in [0.4, 0.5) is 0 Å². The first-order chi connectivity index (χ1) is 8.61. The minimum Gasteiger partial charge on any atom is -0.469 e. The van der Waals surface area contributed by atoms with Crippen LogP contribution in [0.25, 0.3) is 0 Å². The lowest BCUT2D eigenvalue weighted by Gasteiger charge is -2.15. The molecule has 0 amide bonds. The summed E-state index contributed by atoms with van der Waals surface area (Å²) in [6, 6.07) is 8.09. The number of rotatable bonds is 5. The van der Waals surface area contributed by atoms with Crippen molar-refractivity contribution in [1.29, 1.82) is 0 Å². The fourth-order valence-corrected chi connectivity index (χ4v) is 2.18. The van der Waals surface area contributed by atoms with Gasteiger partial charge in [-0.15, -0.1) is 0 Å². The van der Waals surface area contributed by atoms with E-state index in [9.17, 15) is 9.90 Å². The Labute approximate surface area is 108 Å². The van der Waals surface area contributed by atoms with E-state index in [0.717, 1.165) is 11.5 Å². The molecule has 0 heterocycles. The highest BCUT2D eigenvalue weighted by molar-refractivity contribution is 5.71. The Morgan fingerprint density at radius 1 is 1.39 bits per heavy atom. The third-order valence-corrected chi connectivity index (χ3v) is 3.55. The van der Waals surface area contributed by atoms with E-state index in [4.69, 9.17) is 0 Å². The van der Waals surface area contributed by atoms with Gasteiger partial charge in [0.25, 0.3) is 0 Å². The van der Waals surface area contributed by atoms with Gasteiger partial charge >= 0.3 is 5.97 Å². The molecule has 2 atom stereocenters. The molecular formula is C15H20O3. The number of carbonyl (C=O) groups is 1. The number of methoxy groups -OCH3 is 1. The number of carbonyl (C=O) groups excluding carboxylic acids is 1. The normalized spacial score (nSPS) is 18.2. The molecule has 98 valence electrons. The van der Waals surface area contributed by atoms with Gasteiger partial charge in [-0.25, -0.2) is 0 Å². The van der Waals surface area contributed by atoms with Gasteiger partial charge in [0.2, 0.25) is 0 Å². The molecule has 1 fully saturated rings. The zero-order chi connectivity index (χ0) is 13.1. The molecular weight excluding hydrogens is 228 g/mol. The highest BCUT2D eigenvalue weighted by atomic mass is 16.5. The van der Waals surface area contributed by atoms with E-state index in [2.05, 4.69) is 16.9 Å². The first-order valence-electron chi connectivity index (χ1n) is 6.47. The Hall–Kier alpha value is -1.35. The second-order valence-corrected chi connectivity index (χ2v) is 5.12.